The zero-order chi connectivity index (χ0) is 13.9. The predicted molar refractivity (Wildman–Crippen MR) is 70.4 cm³/mol. The lowest BCUT2D eigenvalue weighted by Gasteiger charge is -2.15. The fourth-order valence-electron chi connectivity index (χ4n) is 1.56. The molecule has 0 unspecified atom stereocenters. The van der Waals surface area contributed by atoms with Gasteiger partial charge in [-0.1, -0.05) is 6.92 Å². The number of hydrogen-bond donors (Lipinski definition) is 0. The van der Waals surface area contributed by atoms with E-state index in [1.807, 2.05) is 13.8 Å². The van der Waals surface area contributed by atoms with Gasteiger partial charge in [-0.2, -0.15) is 0 Å². The van der Waals surface area contributed by atoms with Gasteiger partial charge in [-0.25, -0.2) is 8.42 Å². The van der Waals surface area contributed by atoms with E-state index in [1.54, 1.807) is 11.6 Å². The molecule has 5 nitrogen and oxygen atoms in total. The molecular weight excluding hydrogens is 276 g/mol. The van der Waals surface area contributed by atoms with Crippen LogP contribution in [-0.2, 0) is 15.6 Å². The molecule has 0 aliphatic carbocycles. The first-order valence-corrected chi connectivity index (χ1v) is 8.02. The van der Waals surface area contributed by atoms with E-state index in [2.05, 4.69) is 0 Å². The first kappa shape index (κ1) is 15.0. The average Bonchev–Trinajstić information content (AvgIpc) is 2.71. The first-order chi connectivity index (χ1) is 8.31. The Balaban J connectivity index is 3.25. The van der Waals surface area contributed by atoms with Gasteiger partial charge in [0.25, 0.3) is 15.0 Å². The maximum Gasteiger partial charge on any atom is 0.270 e. The van der Waals surface area contributed by atoms with Gasteiger partial charge in [-0.15, -0.1) is 0 Å². The Kier molecular flexibility index (Phi) is 4.81. The SMILES string of the molecule is CCCn1cc(S(=O)(=O)Cl)cc1C(=O)N(C)CC. The molecule has 0 radical (unpaired) electrons. The van der Waals surface area contributed by atoms with Crippen molar-refractivity contribution in [1.29, 1.82) is 0 Å². The molecule has 1 rings (SSSR count). The third kappa shape index (κ3) is 3.26. The standard InChI is InChI=1S/C11H17ClN2O3S/c1-4-6-14-8-9(18(12,16)17)7-10(14)11(15)13(3)5-2/h7-8H,4-6H2,1-3H3. The number of aryl methyl sites for hydroxylation is 1. The Morgan fingerprint density at radius 1 is 1.44 bits per heavy atom. The molecule has 1 aromatic heterocycles. The molecular formula is C11H17ClN2O3S. The number of rotatable bonds is 5. The number of carbonyl (C=O) groups is 1. The van der Waals surface area contributed by atoms with E-state index < -0.39 is 9.05 Å². The van der Waals surface area contributed by atoms with Crippen molar-refractivity contribution in [3.05, 3.63) is 18.0 Å². The topological polar surface area (TPSA) is 59.4 Å². The Hall–Kier alpha value is -1.01. The molecule has 0 atom stereocenters. The molecule has 0 aliphatic heterocycles. The number of carbonyl (C=O) groups excluding carboxylic acids is 1. The molecule has 0 saturated carbocycles. The van der Waals surface area contributed by atoms with Crippen molar-refractivity contribution in [3.63, 3.8) is 0 Å². The third-order valence-corrected chi connectivity index (χ3v) is 3.98. The van der Waals surface area contributed by atoms with E-state index in [-0.39, 0.29) is 10.8 Å². The van der Waals surface area contributed by atoms with Gasteiger partial charge in [0.15, 0.2) is 0 Å². The number of hydrogen-bond acceptors (Lipinski definition) is 3. The minimum absolute atomic E-state index is 0.0366. The van der Waals surface area contributed by atoms with Gasteiger partial charge in [0.1, 0.15) is 10.6 Å². The molecule has 0 aliphatic rings. The molecule has 0 aromatic carbocycles. The third-order valence-electron chi connectivity index (χ3n) is 2.66. The predicted octanol–water partition coefficient (Wildman–Crippen LogP) is 1.92. The summed E-state index contributed by atoms with van der Waals surface area (Å²) in [7, 11) is 3.16. The Labute approximate surface area is 112 Å². The molecule has 0 fully saturated rings. The van der Waals surface area contributed by atoms with Gasteiger partial charge in [-0.3, -0.25) is 4.79 Å². The highest BCUT2D eigenvalue weighted by atomic mass is 35.7. The van der Waals surface area contributed by atoms with Gasteiger partial charge in [0.05, 0.1) is 0 Å². The highest BCUT2D eigenvalue weighted by Crippen LogP contribution is 2.20. The highest BCUT2D eigenvalue weighted by molar-refractivity contribution is 8.13. The van der Waals surface area contributed by atoms with Crippen molar-refractivity contribution < 1.29 is 13.2 Å². The minimum Gasteiger partial charge on any atom is -0.342 e. The van der Waals surface area contributed by atoms with E-state index in [0.717, 1.165) is 6.42 Å². The average molecular weight is 293 g/mol. The van der Waals surface area contributed by atoms with E-state index in [9.17, 15) is 13.2 Å². The quantitative estimate of drug-likeness (QED) is 0.779. The summed E-state index contributed by atoms with van der Waals surface area (Å²) in [6, 6.07) is 1.33. The van der Waals surface area contributed by atoms with Crippen LogP contribution in [0.5, 0.6) is 0 Å². The monoisotopic (exact) mass is 292 g/mol. The van der Waals surface area contributed by atoms with Crippen LogP contribution in [0.3, 0.4) is 0 Å². The molecule has 102 valence electrons. The van der Waals surface area contributed by atoms with E-state index >= 15 is 0 Å². The zero-order valence-corrected chi connectivity index (χ0v) is 12.3. The van der Waals surface area contributed by atoms with Crippen LogP contribution in [0.15, 0.2) is 17.2 Å². The van der Waals surface area contributed by atoms with Crippen LogP contribution < -0.4 is 0 Å². The molecule has 0 spiro atoms. The van der Waals surface area contributed by atoms with Crippen molar-refractivity contribution in [1.82, 2.24) is 9.47 Å². The number of amides is 1. The van der Waals surface area contributed by atoms with E-state index in [4.69, 9.17) is 10.7 Å². The summed E-state index contributed by atoms with van der Waals surface area (Å²) < 4.78 is 24.2. The molecule has 1 aromatic rings. The summed E-state index contributed by atoms with van der Waals surface area (Å²) in [4.78, 5) is 13.6. The first-order valence-electron chi connectivity index (χ1n) is 5.71. The summed E-state index contributed by atoms with van der Waals surface area (Å²) in [5.74, 6) is -0.211. The van der Waals surface area contributed by atoms with Crippen LogP contribution in [0.4, 0.5) is 0 Å². The van der Waals surface area contributed by atoms with Crippen molar-refractivity contribution in [2.24, 2.45) is 0 Å². The summed E-state index contributed by atoms with van der Waals surface area (Å²) in [5, 5.41) is 0. The lowest BCUT2D eigenvalue weighted by atomic mass is 10.3. The van der Waals surface area contributed by atoms with Gasteiger partial charge in [0, 0.05) is 37.0 Å². The van der Waals surface area contributed by atoms with Gasteiger partial charge in [0.2, 0.25) is 0 Å². The lowest BCUT2D eigenvalue weighted by Crippen LogP contribution is -2.28. The normalized spacial score (nSPS) is 11.6. The summed E-state index contributed by atoms with van der Waals surface area (Å²) in [6.07, 6.45) is 2.20. The fourth-order valence-corrected chi connectivity index (χ4v) is 2.32. The maximum absolute atomic E-state index is 12.1. The largest absolute Gasteiger partial charge is 0.342 e. The molecule has 18 heavy (non-hydrogen) atoms. The Morgan fingerprint density at radius 2 is 2.06 bits per heavy atom. The minimum atomic E-state index is -3.81. The van der Waals surface area contributed by atoms with Crippen LogP contribution in [0, 0.1) is 0 Å². The molecule has 7 heteroatoms. The molecule has 0 saturated heterocycles. The number of halogens is 1. The maximum atomic E-state index is 12.1. The van der Waals surface area contributed by atoms with Gasteiger partial charge >= 0.3 is 0 Å². The van der Waals surface area contributed by atoms with Crippen molar-refractivity contribution in [2.45, 2.75) is 31.7 Å². The Bertz CT molecular complexity index is 536. The second kappa shape index (κ2) is 5.75. The van der Waals surface area contributed by atoms with Crippen LogP contribution in [0.2, 0.25) is 0 Å². The highest BCUT2D eigenvalue weighted by Gasteiger charge is 2.21. The smallest absolute Gasteiger partial charge is 0.270 e. The second-order valence-corrected chi connectivity index (χ2v) is 6.58. The fraction of sp³-hybridized carbons (Fsp3) is 0.545. The second-order valence-electron chi connectivity index (χ2n) is 4.01. The van der Waals surface area contributed by atoms with Crippen molar-refractivity contribution >= 4 is 25.6 Å². The van der Waals surface area contributed by atoms with Crippen molar-refractivity contribution in [3.8, 4) is 0 Å². The molecule has 1 heterocycles. The van der Waals surface area contributed by atoms with Crippen molar-refractivity contribution in [2.75, 3.05) is 13.6 Å². The summed E-state index contributed by atoms with van der Waals surface area (Å²) in [5.41, 5.74) is 0.348. The van der Waals surface area contributed by atoms with Crippen LogP contribution in [0.1, 0.15) is 30.8 Å². The Morgan fingerprint density at radius 3 is 2.50 bits per heavy atom. The zero-order valence-electron chi connectivity index (χ0n) is 10.7. The van der Waals surface area contributed by atoms with E-state index in [1.165, 1.54) is 17.2 Å². The molecule has 0 N–H and O–H groups in total. The molecule has 0 bridgehead atoms. The molecule has 1 amide bonds. The summed E-state index contributed by atoms with van der Waals surface area (Å²) >= 11 is 0. The van der Waals surface area contributed by atoms with Crippen LogP contribution in [-0.4, -0.2) is 37.4 Å². The van der Waals surface area contributed by atoms with Gasteiger partial charge < -0.3 is 9.47 Å². The van der Waals surface area contributed by atoms with Crippen LogP contribution in [0.25, 0.3) is 0 Å². The number of nitrogens with zero attached hydrogens (tertiary/aromatic N) is 2. The van der Waals surface area contributed by atoms with E-state index in [0.29, 0.717) is 18.8 Å². The van der Waals surface area contributed by atoms with Gasteiger partial charge in [-0.05, 0) is 19.4 Å². The van der Waals surface area contributed by atoms with Crippen LogP contribution >= 0.6 is 10.7 Å². The summed E-state index contributed by atoms with van der Waals surface area (Å²) in [6.45, 7) is 4.93. The lowest BCUT2D eigenvalue weighted by molar-refractivity contribution is 0.0791. The number of aromatic nitrogens is 1.